The largest absolute Gasteiger partial charge is 0.280 e. The molecule has 7 heteroatoms. The number of hydrogen-bond donors (Lipinski definition) is 1. The zero-order chi connectivity index (χ0) is 21.2. The molecule has 0 saturated carbocycles. The maximum atomic E-state index is 13.2. The summed E-state index contributed by atoms with van der Waals surface area (Å²) >= 11 is 0. The average Bonchev–Trinajstić information content (AvgIpc) is 3.07. The second kappa shape index (κ2) is 6.26. The van der Waals surface area contributed by atoms with E-state index >= 15 is 0 Å². The SMILES string of the molecule is O=C1c2ccccc2C2=Nc3ccc(S(=O)(=O)Nc4ccccc4)c4cccc(c34)N12. The molecule has 4 aromatic carbocycles. The second-order valence-corrected chi connectivity index (χ2v) is 9.03. The Balaban J connectivity index is 1.56. The monoisotopic (exact) mass is 425 g/mol. The summed E-state index contributed by atoms with van der Waals surface area (Å²) < 4.78 is 29.0. The van der Waals surface area contributed by atoms with Crippen molar-refractivity contribution in [1.29, 1.82) is 0 Å². The molecule has 31 heavy (non-hydrogen) atoms. The second-order valence-electron chi connectivity index (χ2n) is 7.38. The number of aliphatic imine (C=N–C) groups is 1. The number of nitrogens with zero attached hydrogens (tertiary/aromatic N) is 2. The fourth-order valence-electron chi connectivity index (χ4n) is 4.22. The van der Waals surface area contributed by atoms with Gasteiger partial charge in [0.25, 0.3) is 15.9 Å². The summed E-state index contributed by atoms with van der Waals surface area (Å²) in [6.45, 7) is 0. The topological polar surface area (TPSA) is 78.8 Å². The van der Waals surface area contributed by atoms with Crippen LogP contribution in [0, 0.1) is 0 Å². The van der Waals surface area contributed by atoms with E-state index in [1.165, 1.54) is 0 Å². The molecular weight excluding hydrogens is 410 g/mol. The summed E-state index contributed by atoms with van der Waals surface area (Å²) in [4.78, 5) is 19.6. The number of anilines is 2. The van der Waals surface area contributed by atoms with E-state index in [0.29, 0.717) is 39.2 Å². The Labute approximate surface area is 178 Å². The maximum Gasteiger partial charge on any atom is 0.264 e. The summed E-state index contributed by atoms with van der Waals surface area (Å²) in [7, 11) is -3.85. The normalized spacial score (nSPS) is 14.3. The first-order chi connectivity index (χ1) is 15.0. The molecule has 2 heterocycles. The first kappa shape index (κ1) is 17.9. The molecule has 0 atom stereocenters. The zero-order valence-corrected chi connectivity index (χ0v) is 16.9. The van der Waals surface area contributed by atoms with Gasteiger partial charge in [-0.3, -0.25) is 14.4 Å². The van der Waals surface area contributed by atoms with Crippen LogP contribution in [0.2, 0.25) is 0 Å². The maximum absolute atomic E-state index is 13.2. The van der Waals surface area contributed by atoms with Gasteiger partial charge in [-0.05, 0) is 36.4 Å². The highest BCUT2D eigenvalue weighted by molar-refractivity contribution is 7.93. The molecule has 6 nitrogen and oxygen atoms in total. The lowest BCUT2D eigenvalue weighted by Gasteiger charge is -2.25. The Morgan fingerprint density at radius 2 is 1.52 bits per heavy atom. The van der Waals surface area contributed by atoms with Gasteiger partial charge in [-0.1, -0.05) is 48.5 Å². The third-order valence-corrected chi connectivity index (χ3v) is 6.99. The van der Waals surface area contributed by atoms with Gasteiger partial charge >= 0.3 is 0 Å². The lowest BCUT2D eigenvalue weighted by atomic mass is 10.0. The zero-order valence-electron chi connectivity index (χ0n) is 16.1. The fraction of sp³-hybridized carbons (Fsp3) is 0. The molecule has 0 radical (unpaired) electrons. The van der Waals surface area contributed by atoms with Crippen molar-refractivity contribution in [2.45, 2.75) is 4.90 Å². The van der Waals surface area contributed by atoms with Gasteiger partial charge in [0.15, 0.2) is 0 Å². The van der Waals surface area contributed by atoms with Crippen molar-refractivity contribution < 1.29 is 13.2 Å². The van der Waals surface area contributed by atoms with Crippen LogP contribution in [-0.2, 0) is 10.0 Å². The van der Waals surface area contributed by atoms with Gasteiger partial charge in [-0.25, -0.2) is 13.4 Å². The van der Waals surface area contributed by atoms with Crippen LogP contribution in [0.25, 0.3) is 10.8 Å². The predicted octanol–water partition coefficient (Wildman–Crippen LogP) is 4.69. The molecule has 2 aliphatic rings. The average molecular weight is 425 g/mol. The molecule has 0 saturated heterocycles. The number of rotatable bonds is 3. The molecule has 150 valence electrons. The summed E-state index contributed by atoms with van der Waals surface area (Å²) in [5.74, 6) is 0.404. The van der Waals surface area contributed by atoms with Crippen molar-refractivity contribution in [3.8, 4) is 0 Å². The number of benzene rings is 4. The molecule has 6 rings (SSSR count). The van der Waals surface area contributed by atoms with Crippen LogP contribution in [0.15, 0.2) is 94.8 Å². The molecule has 4 aromatic rings. The van der Waals surface area contributed by atoms with E-state index in [4.69, 9.17) is 4.99 Å². The van der Waals surface area contributed by atoms with Crippen molar-refractivity contribution in [2.75, 3.05) is 9.62 Å². The molecule has 0 fully saturated rings. The van der Waals surface area contributed by atoms with Gasteiger partial charge in [0.1, 0.15) is 5.84 Å². The first-order valence-corrected chi connectivity index (χ1v) is 11.2. The van der Waals surface area contributed by atoms with Crippen LogP contribution in [-0.4, -0.2) is 20.2 Å². The Morgan fingerprint density at radius 3 is 2.32 bits per heavy atom. The summed E-state index contributed by atoms with van der Waals surface area (Å²) in [5, 5.41) is 1.16. The Hall–Kier alpha value is -3.97. The number of nitrogens with one attached hydrogen (secondary N) is 1. The van der Waals surface area contributed by atoms with Crippen molar-refractivity contribution in [2.24, 2.45) is 4.99 Å². The minimum atomic E-state index is -3.85. The van der Waals surface area contributed by atoms with E-state index in [1.807, 2.05) is 30.3 Å². The predicted molar refractivity (Wildman–Crippen MR) is 121 cm³/mol. The van der Waals surface area contributed by atoms with Crippen LogP contribution < -0.4 is 9.62 Å². The van der Waals surface area contributed by atoms with Crippen LogP contribution in [0.5, 0.6) is 0 Å². The number of carbonyl (C=O) groups is 1. The van der Waals surface area contributed by atoms with E-state index in [9.17, 15) is 13.2 Å². The van der Waals surface area contributed by atoms with Gasteiger partial charge in [0, 0.05) is 22.0 Å². The number of para-hydroxylation sites is 1. The van der Waals surface area contributed by atoms with E-state index in [0.717, 1.165) is 5.56 Å². The fourth-order valence-corrected chi connectivity index (χ4v) is 5.49. The third kappa shape index (κ3) is 2.53. The van der Waals surface area contributed by atoms with Crippen molar-refractivity contribution in [3.05, 3.63) is 96.1 Å². The third-order valence-electron chi connectivity index (χ3n) is 5.55. The van der Waals surface area contributed by atoms with Gasteiger partial charge in [0.05, 0.1) is 21.8 Å². The number of amidine groups is 1. The number of fused-ring (bicyclic) bond motifs is 4. The van der Waals surface area contributed by atoms with Crippen LogP contribution in [0.4, 0.5) is 17.1 Å². The number of hydrogen-bond acceptors (Lipinski definition) is 4. The highest BCUT2D eigenvalue weighted by Gasteiger charge is 2.38. The van der Waals surface area contributed by atoms with E-state index < -0.39 is 10.0 Å². The van der Waals surface area contributed by atoms with Crippen LogP contribution in [0.3, 0.4) is 0 Å². The Bertz CT molecular complexity index is 1540. The van der Waals surface area contributed by atoms with E-state index in [-0.39, 0.29) is 10.8 Å². The standard InChI is InChI=1S/C24H15N3O3S/c28-24-17-10-5-4-9-16(17)23-25-19-13-14-21(18-11-6-12-20(22(18)19)27(23)24)31(29,30)26-15-7-2-1-3-8-15/h1-14,26H. The summed E-state index contributed by atoms with van der Waals surface area (Å²) in [6, 6.07) is 24.7. The van der Waals surface area contributed by atoms with Gasteiger partial charge in [-0.2, -0.15) is 0 Å². The van der Waals surface area contributed by atoms with Crippen molar-refractivity contribution >= 4 is 49.6 Å². The molecule has 2 aliphatic heterocycles. The van der Waals surface area contributed by atoms with Crippen molar-refractivity contribution in [3.63, 3.8) is 0 Å². The molecule has 1 N–H and O–H groups in total. The highest BCUT2D eigenvalue weighted by Crippen LogP contribution is 2.44. The Kier molecular flexibility index (Phi) is 3.61. The van der Waals surface area contributed by atoms with E-state index in [2.05, 4.69) is 4.72 Å². The molecule has 0 aromatic heterocycles. The minimum absolute atomic E-state index is 0.139. The molecule has 1 amide bonds. The minimum Gasteiger partial charge on any atom is -0.280 e. The lowest BCUT2D eigenvalue weighted by Crippen LogP contribution is -2.31. The summed E-state index contributed by atoms with van der Waals surface area (Å²) in [5.41, 5.74) is 3.12. The van der Waals surface area contributed by atoms with Crippen LogP contribution >= 0.6 is 0 Å². The first-order valence-electron chi connectivity index (χ1n) is 9.71. The van der Waals surface area contributed by atoms with Crippen LogP contribution in [0.1, 0.15) is 15.9 Å². The lowest BCUT2D eigenvalue weighted by molar-refractivity contribution is 0.101. The van der Waals surface area contributed by atoms with Gasteiger partial charge in [-0.15, -0.1) is 0 Å². The van der Waals surface area contributed by atoms with Gasteiger partial charge in [0.2, 0.25) is 0 Å². The Morgan fingerprint density at radius 1 is 0.774 bits per heavy atom. The van der Waals surface area contributed by atoms with Crippen molar-refractivity contribution in [1.82, 2.24) is 0 Å². The van der Waals surface area contributed by atoms with Gasteiger partial charge < -0.3 is 0 Å². The quantitative estimate of drug-likeness (QED) is 0.517. The molecule has 0 bridgehead atoms. The molecule has 0 aliphatic carbocycles. The molecule has 0 unspecified atom stereocenters. The smallest absolute Gasteiger partial charge is 0.264 e. The highest BCUT2D eigenvalue weighted by atomic mass is 32.2. The number of amides is 1. The number of sulfonamides is 1. The summed E-state index contributed by atoms with van der Waals surface area (Å²) in [6.07, 6.45) is 0. The van der Waals surface area contributed by atoms with E-state index in [1.54, 1.807) is 59.5 Å². The number of carbonyl (C=O) groups excluding carboxylic acids is 1. The molecule has 0 spiro atoms. The molecular formula is C24H15N3O3S.